The maximum atomic E-state index is 6.78. The van der Waals surface area contributed by atoms with Crippen LogP contribution < -0.4 is 0 Å². The molecule has 0 fully saturated rings. The van der Waals surface area contributed by atoms with E-state index in [0.717, 1.165) is 83.4 Å². The molecule has 0 aliphatic heterocycles. The molecule has 0 amide bonds. The molecule has 6 heteroatoms. The number of hydrogen-bond donors (Lipinski definition) is 0. The molecule has 0 bridgehead atoms. The Morgan fingerprint density at radius 3 is 1.68 bits per heavy atom. The lowest BCUT2D eigenvalue weighted by Gasteiger charge is -2.12. The second-order valence-electron chi connectivity index (χ2n) is 15.4. The van der Waals surface area contributed by atoms with Crippen LogP contribution >= 0.6 is 11.3 Å². The molecule has 0 saturated carbocycles. The van der Waals surface area contributed by atoms with Crippen molar-refractivity contribution in [2.45, 2.75) is 0 Å². The minimum atomic E-state index is 0.656. The lowest BCUT2D eigenvalue weighted by Crippen LogP contribution is -1.96. The van der Waals surface area contributed by atoms with Crippen molar-refractivity contribution in [3.05, 3.63) is 207 Å². The van der Waals surface area contributed by atoms with Crippen molar-refractivity contribution in [1.82, 2.24) is 19.9 Å². The summed E-state index contributed by atoms with van der Waals surface area (Å²) in [5.74, 6) is 1.36. The average Bonchev–Trinajstić information content (AvgIpc) is 3.94. The number of furan rings is 1. The van der Waals surface area contributed by atoms with Crippen molar-refractivity contribution in [2.24, 2.45) is 0 Å². The molecule has 0 atom stereocenters. The van der Waals surface area contributed by atoms with Crippen LogP contribution in [0.4, 0.5) is 0 Å². The fourth-order valence-electron chi connectivity index (χ4n) is 8.61. The van der Waals surface area contributed by atoms with Gasteiger partial charge >= 0.3 is 0 Å². The van der Waals surface area contributed by atoms with Gasteiger partial charge in [0.25, 0.3) is 0 Å². The van der Waals surface area contributed by atoms with Crippen LogP contribution in [0.25, 0.3) is 121 Å². The van der Waals surface area contributed by atoms with E-state index in [2.05, 4.69) is 149 Å². The predicted molar refractivity (Wildman–Crippen MR) is 256 cm³/mol. The van der Waals surface area contributed by atoms with Crippen LogP contribution in [0.5, 0.6) is 0 Å². The van der Waals surface area contributed by atoms with Crippen LogP contribution in [0.2, 0.25) is 0 Å². The average molecular weight is 811 g/mol. The quantitative estimate of drug-likeness (QED) is 0.160. The highest BCUT2D eigenvalue weighted by atomic mass is 32.1. The SMILES string of the molecule is c1ccc(-c2cc(-c3ccc(-c4ccc(-c5cccc6sc7ccccc7c56)c5oc6ccccc6c45)cc3)nc(-c3ccc(-c4cnc(-c5ccccc5)nc4)cc3)n2)cc1. The number of thiophene rings is 1. The molecule has 0 aliphatic rings. The van der Waals surface area contributed by atoms with Gasteiger partial charge in [-0.3, -0.25) is 0 Å². The lowest BCUT2D eigenvalue weighted by atomic mass is 9.92. The summed E-state index contributed by atoms with van der Waals surface area (Å²) in [4.78, 5) is 19.5. The van der Waals surface area contributed by atoms with Crippen molar-refractivity contribution >= 4 is 53.4 Å². The molecule has 12 aromatic rings. The first-order chi connectivity index (χ1) is 30.7. The summed E-state index contributed by atoms with van der Waals surface area (Å²) in [5, 5.41) is 4.75. The Morgan fingerprint density at radius 2 is 0.919 bits per heavy atom. The second kappa shape index (κ2) is 14.9. The number of fused-ring (bicyclic) bond motifs is 6. The molecular weight excluding hydrogens is 777 g/mol. The third-order valence-electron chi connectivity index (χ3n) is 11.7. The van der Waals surface area contributed by atoms with Crippen LogP contribution in [0.3, 0.4) is 0 Å². The minimum absolute atomic E-state index is 0.656. The molecule has 0 saturated heterocycles. The third kappa shape index (κ3) is 6.24. The van der Waals surface area contributed by atoms with E-state index in [1.54, 1.807) is 0 Å². The van der Waals surface area contributed by atoms with Crippen LogP contribution in [0.15, 0.2) is 211 Å². The van der Waals surface area contributed by atoms with Crippen LogP contribution in [-0.2, 0) is 0 Å². The van der Waals surface area contributed by atoms with Crippen molar-refractivity contribution < 1.29 is 4.42 Å². The molecule has 12 rings (SSSR count). The van der Waals surface area contributed by atoms with E-state index in [1.807, 2.05) is 78.3 Å². The summed E-state index contributed by atoms with van der Waals surface area (Å²) in [7, 11) is 0. The van der Waals surface area contributed by atoms with Crippen molar-refractivity contribution in [3.8, 4) is 78.7 Å². The molecule has 4 aromatic heterocycles. The smallest absolute Gasteiger partial charge is 0.160 e. The van der Waals surface area contributed by atoms with Gasteiger partial charge in [-0.15, -0.1) is 11.3 Å². The van der Waals surface area contributed by atoms with Gasteiger partial charge in [-0.1, -0.05) is 164 Å². The molecule has 0 unspecified atom stereocenters. The first-order valence-electron chi connectivity index (χ1n) is 20.6. The van der Waals surface area contributed by atoms with E-state index < -0.39 is 0 Å². The van der Waals surface area contributed by atoms with Gasteiger partial charge in [0.2, 0.25) is 0 Å². The number of benzene rings is 8. The Morgan fingerprint density at radius 1 is 0.355 bits per heavy atom. The molecular formula is C56H34N4OS. The van der Waals surface area contributed by atoms with Gasteiger partial charge in [0.05, 0.1) is 11.4 Å². The lowest BCUT2D eigenvalue weighted by molar-refractivity contribution is 0.670. The number of hydrogen-bond acceptors (Lipinski definition) is 6. The van der Waals surface area contributed by atoms with E-state index >= 15 is 0 Å². The van der Waals surface area contributed by atoms with Gasteiger partial charge < -0.3 is 4.42 Å². The highest BCUT2D eigenvalue weighted by molar-refractivity contribution is 7.25. The number of nitrogens with zero attached hydrogens (tertiary/aromatic N) is 4. The zero-order chi connectivity index (χ0) is 41.0. The second-order valence-corrected chi connectivity index (χ2v) is 16.5. The third-order valence-corrected chi connectivity index (χ3v) is 12.8. The Balaban J connectivity index is 0.924. The molecule has 4 heterocycles. The van der Waals surface area contributed by atoms with E-state index in [9.17, 15) is 0 Å². The standard InChI is InChI=1S/C56H34N4OS/c1-3-12-37(13-4-1)47-32-48(60-56(59-47)40-28-22-35(23-29-40)41-33-57-55(58-34-41)39-14-5-2-6-15-39)38-26-24-36(25-27-38)42-30-31-44(54-53(42)45-16-7-9-19-49(45)61-54)43-18-11-21-51-52(43)46-17-8-10-20-50(46)62-51/h1-34H. The number of rotatable bonds is 7. The fraction of sp³-hybridized carbons (Fsp3) is 0. The monoisotopic (exact) mass is 810 g/mol. The summed E-state index contributed by atoms with van der Waals surface area (Å²) in [6.45, 7) is 0. The molecule has 0 spiro atoms. The van der Waals surface area contributed by atoms with Crippen molar-refractivity contribution in [3.63, 3.8) is 0 Å². The summed E-state index contributed by atoms with van der Waals surface area (Å²) in [6, 6.07) is 67.5. The van der Waals surface area contributed by atoms with Gasteiger partial charge in [0.15, 0.2) is 11.6 Å². The normalized spacial score (nSPS) is 11.5. The summed E-state index contributed by atoms with van der Waals surface area (Å²) in [5.41, 5.74) is 13.9. The molecule has 0 aliphatic carbocycles. The number of para-hydroxylation sites is 1. The van der Waals surface area contributed by atoms with E-state index in [1.165, 1.54) is 25.7 Å². The van der Waals surface area contributed by atoms with Gasteiger partial charge in [0, 0.05) is 76.7 Å². The van der Waals surface area contributed by atoms with Gasteiger partial charge in [-0.05, 0) is 52.6 Å². The Bertz CT molecular complexity index is 3600. The molecule has 62 heavy (non-hydrogen) atoms. The minimum Gasteiger partial charge on any atom is -0.455 e. The Labute approximate surface area is 361 Å². The Kier molecular flexibility index (Phi) is 8.61. The Hall–Kier alpha value is -8.06. The van der Waals surface area contributed by atoms with Crippen LogP contribution in [0.1, 0.15) is 0 Å². The summed E-state index contributed by atoms with van der Waals surface area (Å²) < 4.78 is 9.33. The molecule has 0 N–H and O–H groups in total. The summed E-state index contributed by atoms with van der Waals surface area (Å²) >= 11 is 1.83. The van der Waals surface area contributed by atoms with E-state index in [-0.39, 0.29) is 0 Å². The van der Waals surface area contributed by atoms with Gasteiger partial charge in [-0.2, -0.15) is 0 Å². The molecule has 0 radical (unpaired) electrons. The zero-order valence-electron chi connectivity index (χ0n) is 33.2. The van der Waals surface area contributed by atoms with E-state index in [0.29, 0.717) is 11.6 Å². The largest absolute Gasteiger partial charge is 0.455 e. The van der Waals surface area contributed by atoms with Crippen molar-refractivity contribution in [2.75, 3.05) is 0 Å². The van der Waals surface area contributed by atoms with Crippen LogP contribution in [-0.4, -0.2) is 19.9 Å². The fourth-order valence-corrected chi connectivity index (χ4v) is 9.74. The summed E-state index contributed by atoms with van der Waals surface area (Å²) in [6.07, 6.45) is 3.75. The highest BCUT2D eigenvalue weighted by Crippen LogP contribution is 2.46. The van der Waals surface area contributed by atoms with Gasteiger partial charge in [-0.25, -0.2) is 19.9 Å². The number of aromatic nitrogens is 4. The first kappa shape index (κ1) is 35.8. The van der Waals surface area contributed by atoms with E-state index in [4.69, 9.17) is 14.4 Å². The predicted octanol–water partition coefficient (Wildman–Crippen LogP) is 15.2. The van der Waals surface area contributed by atoms with Gasteiger partial charge in [0.1, 0.15) is 11.2 Å². The first-order valence-corrected chi connectivity index (χ1v) is 21.4. The molecule has 5 nitrogen and oxygen atoms in total. The topological polar surface area (TPSA) is 64.7 Å². The molecule has 290 valence electrons. The highest BCUT2D eigenvalue weighted by Gasteiger charge is 2.20. The maximum absolute atomic E-state index is 6.78. The molecule has 8 aromatic carbocycles. The van der Waals surface area contributed by atoms with Crippen LogP contribution in [0, 0.1) is 0 Å². The van der Waals surface area contributed by atoms with Crippen molar-refractivity contribution in [1.29, 1.82) is 0 Å². The maximum Gasteiger partial charge on any atom is 0.160 e. The zero-order valence-corrected chi connectivity index (χ0v) is 34.1.